The third-order valence-corrected chi connectivity index (χ3v) is 5.39. The Hall–Kier alpha value is -3.97. The van der Waals surface area contributed by atoms with E-state index in [0.29, 0.717) is 19.0 Å². The number of ether oxygens (including phenoxy) is 1. The summed E-state index contributed by atoms with van der Waals surface area (Å²) < 4.78 is 5.75. The molecular formula is C29H33N5O2. The summed E-state index contributed by atoms with van der Waals surface area (Å²) in [5, 5.41) is 10.1. The zero-order valence-electron chi connectivity index (χ0n) is 21.0. The number of fused-ring (bicyclic) bond motifs is 1. The Labute approximate surface area is 212 Å². The van der Waals surface area contributed by atoms with Gasteiger partial charge in [-0.2, -0.15) is 0 Å². The minimum Gasteiger partial charge on any atom is -0.377 e. The molecule has 0 unspecified atom stereocenters. The summed E-state index contributed by atoms with van der Waals surface area (Å²) in [4.78, 5) is 22.0. The molecule has 36 heavy (non-hydrogen) atoms. The monoisotopic (exact) mass is 483 g/mol. The second-order valence-electron chi connectivity index (χ2n) is 9.66. The first-order valence-electron chi connectivity index (χ1n) is 12.2. The molecule has 2 heterocycles. The number of rotatable bonds is 9. The van der Waals surface area contributed by atoms with Gasteiger partial charge >= 0.3 is 6.03 Å². The Bertz CT molecular complexity index is 1290. The van der Waals surface area contributed by atoms with Crippen LogP contribution in [0.3, 0.4) is 0 Å². The van der Waals surface area contributed by atoms with Crippen LogP contribution in [0.4, 0.5) is 16.4 Å². The third kappa shape index (κ3) is 7.26. The highest BCUT2D eigenvalue weighted by atomic mass is 16.5. The SMILES string of the molecule is CC(C)(C)NC(=O)Nc1nc2cc(NCCCOCc3ccccc3)ncc2cc1-c1ccccc1. The molecule has 7 nitrogen and oxygen atoms in total. The number of nitrogens with one attached hydrogen (secondary N) is 3. The minimum absolute atomic E-state index is 0.297. The second-order valence-corrected chi connectivity index (χ2v) is 9.66. The number of pyridine rings is 2. The lowest BCUT2D eigenvalue weighted by Crippen LogP contribution is -2.43. The van der Waals surface area contributed by atoms with E-state index >= 15 is 0 Å². The smallest absolute Gasteiger partial charge is 0.320 e. The van der Waals surface area contributed by atoms with Crippen LogP contribution in [-0.2, 0) is 11.3 Å². The zero-order chi connectivity index (χ0) is 25.4. The lowest BCUT2D eigenvalue weighted by Gasteiger charge is -2.21. The van der Waals surface area contributed by atoms with Crippen molar-refractivity contribution in [1.29, 1.82) is 0 Å². The number of anilines is 2. The molecule has 4 aromatic rings. The normalized spacial score (nSPS) is 11.3. The summed E-state index contributed by atoms with van der Waals surface area (Å²) in [5.74, 6) is 1.23. The van der Waals surface area contributed by atoms with Crippen LogP contribution in [0.1, 0.15) is 32.8 Å². The van der Waals surface area contributed by atoms with Gasteiger partial charge in [-0.05, 0) is 44.4 Å². The van der Waals surface area contributed by atoms with Gasteiger partial charge in [-0.15, -0.1) is 0 Å². The van der Waals surface area contributed by atoms with E-state index in [1.165, 1.54) is 5.56 Å². The average molecular weight is 484 g/mol. The van der Waals surface area contributed by atoms with Crippen LogP contribution in [0.15, 0.2) is 79.0 Å². The van der Waals surface area contributed by atoms with Crippen molar-refractivity contribution in [2.45, 2.75) is 39.3 Å². The summed E-state index contributed by atoms with van der Waals surface area (Å²) in [5.41, 5.74) is 3.36. The molecule has 2 amide bonds. The van der Waals surface area contributed by atoms with Gasteiger partial charge in [0.05, 0.1) is 12.1 Å². The maximum Gasteiger partial charge on any atom is 0.320 e. The molecule has 7 heteroatoms. The van der Waals surface area contributed by atoms with E-state index in [4.69, 9.17) is 9.72 Å². The fourth-order valence-electron chi connectivity index (χ4n) is 3.73. The van der Waals surface area contributed by atoms with Gasteiger partial charge in [0.1, 0.15) is 11.6 Å². The molecule has 0 fully saturated rings. The van der Waals surface area contributed by atoms with E-state index < -0.39 is 0 Å². The lowest BCUT2D eigenvalue weighted by atomic mass is 10.0. The zero-order valence-corrected chi connectivity index (χ0v) is 21.0. The Morgan fingerprint density at radius 2 is 1.69 bits per heavy atom. The molecule has 0 saturated carbocycles. The molecule has 0 bridgehead atoms. The van der Waals surface area contributed by atoms with Gasteiger partial charge in [-0.3, -0.25) is 5.32 Å². The maximum atomic E-state index is 12.6. The van der Waals surface area contributed by atoms with Crippen LogP contribution in [-0.4, -0.2) is 34.7 Å². The van der Waals surface area contributed by atoms with E-state index in [9.17, 15) is 4.79 Å². The summed E-state index contributed by atoms with van der Waals surface area (Å²) in [7, 11) is 0. The van der Waals surface area contributed by atoms with Crippen LogP contribution in [0.2, 0.25) is 0 Å². The van der Waals surface area contributed by atoms with Gasteiger partial charge < -0.3 is 15.4 Å². The fraction of sp³-hybridized carbons (Fsp3) is 0.276. The number of amides is 2. The molecule has 2 aromatic carbocycles. The lowest BCUT2D eigenvalue weighted by molar-refractivity contribution is 0.120. The predicted molar refractivity (Wildman–Crippen MR) is 146 cm³/mol. The molecule has 2 aromatic heterocycles. The quantitative estimate of drug-likeness (QED) is 0.245. The molecule has 186 valence electrons. The van der Waals surface area contributed by atoms with Crippen LogP contribution >= 0.6 is 0 Å². The van der Waals surface area contributed by atoms with Crippen molar-refractivity contribution in [3.8, 4) is 11.1 Å². The molecule has 0 saturated heterocycles. The molecule has 0 spiro atoms. The Morgan fingerprint density at radius 1 is 0.972 bits per heavy atom. The van der Waals surface area contributed by atoms with Gasteiger partial charge in [0.25, 0.3) is 0 Å². The van der Waals surface area contributed by atoms with Crippen molar-refractivity contribution in [3.05, 3.63) is 84.6 Å². The molecule has 4 rings (SSSR count). The van der Waals surface area contributed by atoms with E-state index in [1.807, 2.05) is 87.6 Å². The topological polar surface area (TPSA) is 88.2 Å². The molecule has 3 N–H and O–H groups in total. The van der Waals surface area contributed by atoms with Gasteiger partial charge in [0.15, 0.2) is 0 Å². The highest BCUT2D eigenvalue weighted by Gasteiger charge is 2.17. The van der Waals surface area contributed by atoms with Gasteiger partial charge in [-0.1, -0.05) is 60.7 Å². The highest BCUT2D eigenvalue weighted by molar-refractivity contribution is 5.97. The Morgan fingerprint density at radius 3 is 2.42 bits per heavy atom. The van der Waals surface area contributed by atoms with Crippen molar-refractivity contribution < 1.29 is 9.53 Å². The van der Waals surface area contributed by atoms with Crippen LogP contribution in [0, 0.1) is 0 Å². The van der Waals surface area contributed by atoms with Crippen molar-refractivity contribution >= 4 is 28.6 Å². The van der Waals surface area contributed by atoms with Crippen molar-refractivity contribution in [1.82, 2.24) is 15.3 Å². The van der Waals surface area contributed by atoms with Crippen LogP contribution in [0.25, 0.3) is 22.0 Å². The number of hydrogen-bond acceptors (Lipinski definition) is 5. The van der Waals surface area contributed by atoms with Gasteiger partial charge in [0.2, 0.25) is 0 Å². The summed E-state index contributed by atoms with van der Waals surface area (Å²) in [6.07, 6.45) is 2.66. The second kappa shape index (κ2) is 11.6. The highest BCUT2D eigenvalue weighted by Crippen LogP contribution is 2.30. The van der Waals surface area contributed by atoms with Crippen LogP contribution < -0.4 is 16.0 Å². The molecular weight excluding hydrogens is 450 g/mol. The average Bonchev–Trinajstić information content (AvgIpc) is 2.85. The summed E-state index contributed by atoms with van der Waals surface area (Å²) >= 11 is 0. The molecule has 0 aliphatic carbocycles. The molecule has 0 aliphatic rings. The minimum atomic E-state index is -0.361. The number of urea groups is 1. The van der Waals surface area contributed by atoms with Crippen molar-refractivity contribution in [3.63, 3.8) is 0 Å². The van der Waals surface area contributed by atoms with E-state index in [0.717, 1.165) is 40.8 Å². The maximum absolute atomic E-state index is 12.6. The standard InChI is InChI=1S/C29H33N5O2/c1-29(2,3)34-28(35)33-27-24(22-13-8-5-9-14-22)17-23-19-31-26(18-25(23)32-27)30-15-10-16-36-20-21-11-6-4-7-12-21/h4-9,11-14,17-19H,10,15-16,20H2,1-3H3,(H,30,31)(H2,32,33,34,35). The first-order chi connectivity index (χ1) is 17.4. The third-order valence-electron chi connectivity index (χ3n) is 5.39. The first-order valence-corrected chi connectivity index (χ1v) is 12.2. The first kappa shape index (κ1) is 25.1. The Kier molecular flexibility index (Phi) is 8.13. The number of carbonyl (C=O) groups excluding carboxylic acids is 1. The predicted octanol–water partition coefficient (Wildman–Crippen LogP) is 6.24. The van der Waals surface area contributed by atoms with Crippen LogP contribution in [0.5, 0.6) is 0 Å². The van der Waals surface area contributed by atoms with Gasteiger partial charge in [-0.25, -0.2) is 14.8 Å². The molecule has 0 aliphatic heterocycles. The summed E-state index contributed by atoms with van der Waals surface area (Å²) in [6, 6.07) is 23.7. The number of aromatic nitrogens is 2. The number of benzene rings is 2. The fourth-order valence-corrected chi connectivity index (χ4v) is 3.73. The molecule has 0 atom stereocenters. The van der Waals surface area contributed by atoms with E-state index in [2.05, 4.69) is 33.1 Å². The van der Waals surface area contributed by atoms with Gasteiger partial charge in [0, 0.05) is 41.9 Å². The number of carbonyl (C=O) groups is 1. The number of hydrogen-bond donors (Lipinski definition) is 3. The van der Waals surface area contributed by atoms with E-state index in [1.54, 1.807) is 0 Å². The Balaban J connectivity index is 1.45. The largest absolute Gasteiger partial charge is 0.377 e. The van der Waals surface area contributed by atoms with Crippen molar-refractivity contribution in [2.75, 3.05) is 23.8 Å². The summed E-state index contributed by atoms with van der Waals surface area (Å²) in [6.45, 7) is 7.82. The van der Waals surface area contributed by atoms with E-state index in [-0.39, 0.29) is 11.6 Å². The number of nitrogens with zero attached hydrogens (tertiary/aromatic N) is 2. The molecule has 0 radical (unpaired) electrons. The van der Waals surface area contributed by atoms with Crippen molar-refractivity contribution in [2.24, 2.45) is 0 Å².